The minimum atomic E-state index is -4.25. The first kappa shape index (κ1) is 25.6. The molecule has 0 spiro atoms. The van der Waals surface area contributed by atoms with Crippen molar-refractivity contribution in [1.82, 2.24) is 20.7 Å². The first-order valence-corrected chi connectivity index (χ1v) is 10.0. The minimum absolute atomic E-state index is 0. The molecule has 2 rings (SSSR count). The Labute approximate surface area is 186 Å². The minimum Gasteiger partial charge on any atom is -0.506 e. The van der Waals surface area contributed by atoms with Crippen molar-refractivity contribution in [2.45, 2.75) is 25.9 Å². The van der Waals surface area contributed by atoms with Gasteiger partial charge in [0.05, 0.1) is 0 Å². The van der Waals surface area contributed by atoms with Gasteiger partial charge in [-0.3, -0.25) is 9.59 Å². The summed E-state index contributed by atoms with van der Waals surface area (Å²) in [5, 5.41) is 18.3. The predicted molar refractivity (Wildman–Crippen MR) is 103 cm³/mol. The van der Waals surface area contributed by atoms with E-state index in [1.807, 2.05) is 0 Å². The van der Waals surface area contributed by atoms with Crippen LogP contribution in [0.4, 0.5) is 10.1 Å². The zero-order valence-corrected chi connectivity index (χ0v) is 17.5. The monoisotopic (exact) mass is 434 g/mol. The third kappa shape index (κ3) is 6.55. The molecule has 2 amide bonds. The van der Waals surface area contributed by atoms with Crippen LogP contribution in [-0.2, 0) is 26.3 Å². The van der Waals surface area contributed by atoms with Crippen molar-refractivity contribution < 1.29 is 46.4 Å². The molecule has 0 aromatic heterocycles. The number of rotatable bonds is 9. The second-order valence-electron chi connectivity index (χ2n) is 6.25. The molecule has 1 atom stereocenters. The van der Waals surface area contributed by atoms with E-state index in [4.69, 9.17) is 6.58 Å². The number of carbonyl (C=O) groups excluding carboxylic acids is 2. The molecule has 0 aliphatic carbocycles. The number of phenols is 1. The van der Waals surface area contributed by atoms with Gasteiger partial charge in [0.2, 0.25) is 5.91 Å². The number of carbonyl (C=O) groups is 2. The molecular formula is C17H22FLiN5O5S-. The van der Waals surface area contributed by atoms with Crippen LogP contribution in [0.25, 0.3) is 0 Å². The number of benzene rings is 1. The molecule has 1 aliphatic rings. The Morgan fingerprint density at radius 2 is 2.10 bits per heavy atom. The standard InChI is InChI=1S/C17H22FN5O5S.Li/c1-4-15(25)21-10(2)7-19-11(3)20-8-12-5-13(18)17(14(24)6-12)23-9-16(26)22-29(23,27)28;/h3,5-6,10,19-20,24H,2,4,7-9H2,1H3,(H,21,25)(H,22,26);/q-2;+1. The molecule has 1 aliphatic heterocycles. The first-order chi connectivity index (χ1) is 13.5. The molecule has 0 saturated carbocycles. The third-order valence-electron chi connectivity index (χ3n) is 3.88. The molecule has 1 fully saturated rings. The van der Waals surface area contributed by atoms with Crippen LogP contribution < -0.4 is 43.8 Å². The summed E-state index contributed by atoms with van der Waals surface area (Å²) in [5.41, 5.74) is -0.344. The molecule has 5 N–H and O–H groups in total. The van der Waals surface area contributed by atoms with Crippen molar-refractivity contribution in [3.8, 4) is 5.75 Å². The smallest absolute Gasteiger partial charge is 0.506 e. The Bertz CT molecular complexity index is 904. The normalized spacial score (nSPS) is 15.6. The van der Waals surface area contributed by atoms with Gasteiger partial charge in [-0.15, -0.1) is 0 Å². The number of anilines is 1. The van der Waals surface area contributed by atoms with Crippen LogP contribution in [0.5, 0.6) is 5.75 Å². The van der Waals surface area contributed by atoms with Crippen molar-refractivity contribution >= 4 is 27.7 Å². The van der Waals surface area contributed by atoms with Crippen molar-refractivity contribution in [1.29, 1.82) is 0 Å². The van der Waals surface area contributed by atoms with E-state index in [0.29, 0.717) is 10.7 Å². The summed E-state index contributed by atoms with van der Waals surface area (Å²) in [6, 6.07) is 1.75. The molecule has 1 saturated heterocycles. The Morgan fingerprint density at radius 1 is 1.43 bits per heavy atom. The second-order valence-corrected chi connectivity index (χ2v) is 7.84. The van der Waals surface area contributed by atoms with Crippen LogP contribution in [0.3, 0.4) is 0 Å². The van der Waals surface area contributed by atoms with Gasteiger partial charge in [-0.05, 0) is 17.7 Å². The number of hydrogen-bond acceptors (Lipinski definition) is 7. The molecule has 13 heteroatoms. The van der Waals surface area contributed by atoms with E-state index >= 15 is 0 Å². The summed E-state index contributed by atoms with van der Waals surface area (Å²) >= 11 is 0. The Morgan fingerprint density at radius 3 is 2.63 bits per heavy atom. The fourth-order valence-corrected chi connectivity index (χ4v) is 3.68. The van der Waals surface area contributed by atoms with E-state index in [2.05, 4.69) is 22.9 Å². The first-order valence-electron chi connectivity index (χ1n) is 8.60. The summed E-state index contributed by atoms with van der Waals surface area (Å²) in [5.74, 6) is -2.52. The summed E-state index contributed by atoms with van der Waals surface area (Å²) < 4.78 is 40.3. The SMILES string of the molecule is [CH-]=C(NCc1cc(O)c(N2CC(=O)NS2(=O)=O)c(F)c1)NCC([CH2-])NC(=O)CC.[Li+]. The van der Waals surface area contributed by atoms with E-state index < -0.39 is 46.0 Å². The van der Waals surface area contributed by atoms with Gasteiger partial charge < -0.3 is 34.6 Å². The topological polar surface area (TPSA) is 140 Å². The molecule has 1 aromatic carbocycles. The van der Waals surface area contributed by atoms with Gasteiger partial charge in [-0.1, -0.05) is 18.8 Å². The Hall–Kier alpha value is -2.42. The molecule has 1 heterocycles. The van der Waals surface area contributed by atoms with Crippen molar-refractivity contribution in [2.24, 2.45) is 0 Å². The molecule has 0 bridgehead atoms. The fourth-order valence-electron chi connectivity index (χ4n) is 2.51. The van der Waals surface area contributed by atoms with Crippen LogP contribution in [0, 0.1) is 19.3 Å². The predicted octanol–water partition coefficient (Wildman–Crippen LogP) is -3.60. The number of nitrogens with one attached hydrogen (secondary N) is 4. The maximum atomic E-state index is 14.4. The van der Waals surface area contributed by atoms with Crippen molar-refractivity contribution in [3.63, 3.8) is 0 Å². The average Bonchev–Trinajstić information content (AvgIpc) is 2.89. The zero-order valence-electron chi connectivity index (χ0n) is 16.7. The number of amides is 2. The number of phenolic OH excluding ortho intramolecular Hbond substituents is 1. The Balaban J connectivity index is 0.00000450. The summed E-state index contributed by atoms with van der Waals surface area (Å²) in [4.78, 5) is 22.6. The van der Waals surface area contributed by atoms with Gasteiger partial charge in [0, 0.05) is 19.5 Å². The molecule has 0 radical (unpaired) electrons. The Kier molecular flexibility index (Phi) is 9.02. The van der Waals surface area contributed by atoms with Crippen LogP contribution in [0.15, 0.2) is 18.0 Å². The van der Waals surface area contributed by atoms with Crippen LogP contribution in [0.1, 0.15) is 18.9 Å². The van der Waals surface area contributed by atoms with E-state index in [1.54, 1.807) is 11.6 Å². The maximum absolute atomic E-state index is 14.4. The van der Waals surface area contributed by atoms with Gasteiger partial charge >= 0.3 is 29.1 Å². The quantitative estimate of drug-likeness (QED) is 0.200. The maximum Gasteiger partial charge on any atom is 1.00 e. The number of halogens is 1. The van der Waals surface area contributed by atoms with Gasteiger partial charge in [0.25, 0.3) is 5.91 Å². The van der Waals surface area contributed by atoms with Gasteiger partial charge in [0.1, 0.15) is 18.0 Å². The number of hydrogen-bond donors (Lipinski definition) is 5. The number of aromatic hydroxyl groups is 1. The number of nitrogens with zero attached hydrogens (tertiary/aromatic N) is 1. The van der Waals surface area contributed by atoms with Crippen molar-refractivity contribution in [2.75, 3.05) is 17.4 Å². The summed E-state index contributed by atoms with van der Waals surface area (Å²) in [6.45, 7) is 10.8. The zero-order chi connectivity index (χ0) is 21.8. The molecule has 30 heavy (non-hydrogen) atoms. The second kappa shape index (κ2) is 10.6. The van der Waals surface area contributed by atoms with Gasteiger partial charge in [-0.25, -0.2) is 13.4 Å². The van der Waals surface area contributed by atoms with Crippen molar-refractivity contribution in [3.05, 3.63) is 42.8 Å². The molecule has 1 unspecified atom stereocenters. The van der Waals surface area contributed by atoms with E-state index in [9.17, 15) is 27.5 Å². The molecule has 160 valence electrons. The van der Waals surface area contributed by atoms with Gasteiger partial charge in [-0.2, -0.15) is 8.42 Å². The van der Waals surface area contributed by atoms with E-state index in [-0.39, 0.29) is 49.2 Å². The molecule has 10 nitrogen and oxygen atoms in total. The molecule has 1 aromatic rings. The summed E-state index contributed by atoms with van der Waals surface area (Å²) in [6.07, 6.45) is 0.331. The largest absolute Gasteiger partial charge is 1.00 e. The van der Waals surface area contributed by atoms with Crippen LogP contribution >= 0.6 is 0 Å². The fraction of sp³-hybridized carbons (Fsp3) is 0.353. The molecular weight excluding hydrogens is 412 g/mol. The van der Waals surface area contributed by atoms with Crippen LogP contribution in [-0.4, -0.2) is 44.5 Å². The van der Waals surface area contributed by atoms with Gasteiger partial charge in [0.15, 0.2) is 5.82 Å². The third-order valence-corrected chi connectivity index (χ3v) is 5.26. The van der Waals surface area contributed by atoms with E-state index in [1.165, 1.54) is 0 Å². The summed E-state index contributed by atoms with van der Waals surface area (Å²) in [7, 11) is -4.25. The average molecular weight is 434 g/mol. The van der Waals surface area contributed by atoms with Crippen LogP contribution in [0.2, 0.25) is 0 Å². The van der Waals surface area contributed by atoms with E-state index in [0.717, 1.165) is 12.1 Å².